The van der Waals surface area contributed by atoms with Gasteiger partial charge in [0.15, 0.2) is 6.10 Å². The first-order chi connectivity index (χ1) is 11.8. The number of hydrogen-bond donors (Lipinski definition) is 3. The summed E-state index contributed by atoms with van der Waals surface area (Å²) in [6.45, 7) is 5.25. The molecule has 2 atom stereocenters. The molecular weight excluding hydrogens is 342 g/mol. The van der Waals surface area contributed by atoms with Crippen LogP contribution in [-0.4, -0.2) is 42.1 Å². The maximum absolute atomic E-state index is 12.3. The van der Waals surface area contributed by atoms with E-state index in [1.807, 2.05) is 38.3 Å². The van der Waals surface area contributed by atoms with E-state index < -0.39 is 30.1 Å². The molecule has 0 heterocycles. The molecule has 8 heteroatoms. The molecule has 138 valence electrons. The molecule has 0 aliphatic heterocycles. The summed E-state index contributed by atoms with van der Waals surface area (Å²) in [5.41, 5.74) is 7.62. The van der Waals surface area contributed by atoms with E-state index in [-0.39, 0.29) is 0 Å². The lowest BCUT2D eigenvalue weighted by molar-refractivity contribution is -0.155. The van der Waals surface area contributed by atoms with Gasteiger partial charge in [0, 0.05) is 5.69 Å². The van der Waals surface area contributed by atoms with E-state index >= 15 is 0 Å². The number of primary amides is 1. The highest BCUT2D eigenvalue weighted by molar-refractivity contribution is 7.98. The van der Waals surface area contributed by atoms with Crippen LogP contribution >= 0.6 is 11.8 Å². The molecule has 0 saturated carbocycles. The minimum absolute atomic E-state index is 0.369. The number of benzene rings is 1. The molecule has 0 bridgehead atoms. The van der Waals surface area contributed by atoms with Crippen molar-refractivity contribution in [2.24, 2.45) is 5.73 Å². The second-order valence-corrected chi connectivity index (χ2v) is 6.66. The van der Waals surface area contributed by atoms with Crippen LogP contribution in [0.25, 0.3) is 0 Å². The van der Waals surface area contributed by atoms with E-state index in [0.29, 0.717) is 17.9 Å². The Kier molecular flexibility index (Phi) is 8.27. The molecule has 1 aromatic carbocycles. The van der Waals surface area contributed by atoms with Crippen molar-refractivity contribution < 1.29 is 19.1 Å². The Morgan fingerprint density at radius 2 is 1.84 bits per heavy atom. The molecule has 0 fully saturated rings. The van der Waals surface area contributed by atoms with Gasteiger partial charge in [-0.05, 0) is 50.3 Å². The van der Waals surface area contributed by atoms with Crippen LogP contribution in [-0.2, 0) is 14.3 Å². The van der Waals surface area contributed by atoms with Crippen molar-refractivity contribution in [2.45, 2.75) is 39.3 Å². The summed E-state index contributed by atoms with van der Waals surface area (Å²) in [4.78, 5) is 35.5. The van der Waals surface area contributed by atoms with Gasteiger partial charge in [0.25, 0.3) is 5.91 Å². The zero-order chi connectivity index (χ0) is 19.0. The van der Waals surface area contributed by atoms with Crippen molar-refractivity contribution in [3.8, 4) is 0 Å². The van der Waals surface area contributed by atoms with Gasteiger partial charge in [-0.2, -0.15) is 11.8 Å². The van der Waals surface area contributed by atoms with Crippen molar-refractivity contribution in [1.82, 2.24) is 5.32 Å². The molecule has 1 rings (SSSR count). The molecule has 0 aliphatic rings. The van der Waals surface area contributed by atoms with Gasteiger partial charge in [-0.25, -0.2) is 9.59 Å². The van der Waals surface area contributed by atoms with Gasteiger partial charge in [0.2, 0.25) is 0 Å². The number of thioether (sulfide) groups is 1. The van der Waals surface area contributed by atoms with Crippen molar-refractivity contribution in [2.75, 3.05) is 17.3 Å². The zero-order valence-corrected chi connectivity index (χ0v) is 15.7. The van der Waals surface area contributed by atoms with Gasteiger partial charge in [-0.1, -0.05) is 18.2 Å². The topological polar surface area (TPSA) is 111 Å². The molecule has 7 nitrogen and oxygen atoms in total. The third-order valence-electron chi connectivity index (χ3n) is 3.60. The summed E-state index contributed by atoms with van der Waals surface area (Å²) in [6.07, 6.45) is 1.25. The number of anilines is 1. The van der Waals surface area contributed by atoms with Gasteiger partial charge >= 0.3 is 12.0 Å². The van der Waals surface area contributed by atoms with Crippen molar-refractivity contribution in [3.63, 3.8) is 0 Å². The van der Waals surface area contributed by atoms with Crippen LogP contribution in [0.3, 0.4) is 0 Å². The van der Waals surface area contributed by atoms with Crippen LogP contribution in [0.1, 0.15) is 24.5 Å². The summed E-state index contributed by atoms with van der Waals surface area (Å²) in [7, 11) is 0. The van der Waals surface area contributed by atoms with Gasteiger partial charge in [0.1, 0.15) is 6.04 Å². The van der Waals surface area contributed by atoms with Crippen LogP contribution in [0.5, 0.6) is 0 Å². The second kappa shape index (κ2) is 9.93. The van der Waals surface area contributed by atoms with Crippen LogP contribution < -0.4 is 16.4 Å². The fraction of sp³-hybridized carbons (Fsp3) is 0.471. The van der Waals surface area contributed by atoms with Crippen molar-refractivity contribution in [1.29, 1.82) is 0 Å². The Labute approximate surface area is 152 Å². The lowest BCUT2D eigenvalue weighted by Crippen LogP contribution is -2.46. The third kappa shape index (κ3) is 6.66. The van der Waals surface area contributed by atoms with Crippen LogP contribution in [0, 0.1) is 13.8 Å². The smallest absolute Gasteiger partial charge is 0.329 e. The summed E-state index contributed by atoms with van der Waals surface area (Å²) in [6, 6.07) is 3.98. The Morgan fingerprint density at radius 3 is 2.36 bits per heavy atom. The first-order valence-electron chi connectivity index (χ1n) is 7.88. The number of nitrogens with two attached hydrogens (primary N) is 1. The summed E-state index contributed by atoms with van der Waals surface area (Å²) < 4.78 is 5.19. The second-order valence-electron chi connectivity index (χ2n) is 5.68. The largest absolute Gasteiger partial charge is 0.451 e. The quantitative estimate of drug-likeness (QED) is 0.608. The first kappa shape index (κ1) is 20.8. The monoisotopic (exact) mass is 367 g/mol. The predicted octanol–water partition coefficient (Wildman–Crippen LogP) is 1.96. The number of aryl methyl sites for hydroxylation is 2. The highest BCUT2D eigenvalue weighted by Gasteiger charge is 2.26. The molecule has 0 aliphatic carbocycles. The zero-order valence-electron chi connectivity index (χ0n) is 14.9. The number of esters is 1. The normalized spacial score (nSPS) is 12.8. The Bertz CT molecular complexity index is 616. The predicted molar refractivity (Wildman–Crippen MR) is 99.6 cm³/mol. The number of carbonyl (C=O) groups excluding carboxylic acids is 3. The highest BCUT2D eigenvalue weighted by atomic mass is 32.2. The van der Waals surface area contributed by atoms with Gasteiger partial charge < -0.3 is 21.1 Å². The Hall–Kier alpha value is -2.22. The van der Waals surface area contributed by atoms with E-state index in [1.165, 1.54) is 18.7 Å². The number of carbonyl (C=O) groups is 3. The lowest BCUT2D eigenvalue weighted by Gasteiger charge is -2.20. The number of urea groups is 1. The molecule has 4 N–H and O–H groups in total. The summed E-state index contributed by atoms with van der Waals surface area (Å²) >= 11 is 1.53. The highest BCUT2D eigenvalue weighted by Crippen LogP contribution is 2.19. The number of ether oxygens (including phenoxy) is 1. The molecular formula is C17H25N3O4S. The fourth-order valence-electron chi connectivity index (χ4n) is 2.20. The molecule has 0 saturated heterocycles. The van der Waals surface area contributed by atoms with E-state index in [9.17, 15) is 14.4 Å². The number of nitrogens with one attached hydrogen (secondary N) is 2. The molecule has 0 spiro atoms. The molecule has 3 amide bonds. The molecule has 0 radical (unpaired) electrons. The number of amides is 3. The number of rotatable bonds is 8. The average Bonchev–Trinajstić information content (AvgIpc) is 2.54. The van der Waals surface area contributed by atoms with E-state index in [0.717, 1.165) is 11.1 Å². The fourth-order valence-corrected chi connectivity index (χ4v) is 2.67. The molecule has 25 heavy (non-hydrogen) atoms. The van der Waals surface area contributed by atoms with Gasteiger partial charge in [-0.3, -0.25) is 4.79 Å². The van der Waals surface area contributed by atoms with Crippen LogP contribution in [0.2, 0.25) is 0 Å². The lowest BCUT2D eigenvalue weighted by atomic mass is 10.1. The van der Waals surface area contributed by atoms with Crippen LogP contribution in [0.15, 0.2) is 18.2 Å². The minimum Gasteiger partial charge on any atom is -0.451 e. The maximum atomic E-state index is 12.3. The Morgan fingerprint density at radius 1 is 1.24 bits per heavy atom. The molecule has 0 aromatic heterocycles. The first-order valence-corrected chi connectivity index (χ1v) is 9.28. The van der Waals surface area contributed by atoms with Crippen molar-refractivity contribution in [3.05, 3.63) is 29.3 Å². The van der Waals surface area contributed by atoms with Crippen LogP contribution in [0.4, 0.5) is 10.5 Å². The summed E-state index contributed by atoms with van der Waals surface area (Å²) in [5.74, 6) is -0.478. The standard InChI is InChI=1S/C17H25N3O4S/c1-10-6-5-7-11(2)14(10)20-15(21)12(3)24-16(22)13(8-9-25-4)19-17(18)23/h5-7,12-13H,8-9H2,1-4H3,(H,20,21)(H3,18,19,23)/t12-,13+/m1/s1. The number of para-hydroxylation sites is 1. The van der Waals surface area contributed by atoms with Gasteiger partial charge in [-0.15, -0.1) is 0 Å². The molecule has 0 unspecified atom stereocenters. The van der Waals surface area contributed by atoms with Gasteiger partial charge in [0.05, 0.1) is 0 Å². The minimum atomic E-state index is -1.00. The average molecular weight is 367 g/mol. The number of hydrogen-bond acceptors (Lipinski definition) is 5. The molecule has 1 aromatic rings. The Balaban J connectivity index is 2.71. The van der Waals surface area contributed by atoms with E-state index in [4.69, 9.17) is 10.5 Å². The maximum Gasteiger partial charge on any atom is 0.329 e. The van der Waals surface area contributed by atoms with Crippen molar-refractivity contribution >= 4 is 35.4 Å². The SMILES string of the molecule is CSCC[C@H](NC(N)=O)C(=O)O[C@H](C)C(=O)Nc1c(C)cccc1C. The van der Waals surface area contributed by atoms with E-state index in [2.05, 4.69) is 10.6 Å². The van der Waals surface area contributed by atoms with E-state index in [1.54, 1.807) is 0 Å². The summed E-state index contributed by atoms with van der Waals surface area (Å²) in [5, 5.41) is 5.12. The third-order valence-corrected chi connectivity index (χ3v) is 4.25.